The summed E-state index contributed by atoms with van der Waals surface area (Å²) >= 11 is 4.64. The third-order valence-corrected chi connectivity index (χ3v) is 2.80. The second kappa shape index (κ2) is 10.0. The topological polar surface area (TPSA) is 9.23 Å². The van der Waals surface area contributed by atoms with Crippen LogP contribution in [0.25, 0.3) is 0 Å². The van der Waals surface area contributed by atoms with Crippen molar-refractivity contribution in [1.82, 2.24) is 0 Å². The van der Waals surface area contributed by atoms with E-state index < -0.39 is 11.7 Å². The van der Waals surface area contributed by atoms with Gasteiger partial charge in [0, 0.05) is 0 Å². The van der Waals surface area contributed by atoms with Crippen molar-refractivity contribution < 1.29 is 17.9 Å². The number of hydrogen-bond donors (Lipinski definition) is 0. The molecule has 0 aliphatic carbocycles. The smallest absolute Gasteiger partial charge is 0.317 e. The van der Waals surface area contributed by atoms with Crippen LogP contribution in [0.5, 0.6) is 0 Å². The molecule has 0 heterocycles. The van der Waals surface area contributed by atoms with Gasteiger partial charge < -0.3 is 4.74 Å². The molecule has 0 saturated carbocycles. The predicted octanol–water partition coefficient (Wildman–Crippen LogP) is 5.27. The molecular weight excluding hydrogens is 253 g/mol. The standard InChI is InChI=1S/C12H22ClF3O/c1-2-3-4-5-6-7-8-9-10-17-12(15,16)11(13)14/h11H,2-10H2,1H3. The lowest BCUT2D eigenvalue weighted by Crippen LogP contribution is -2.29. The maximum Gasteiger partial charge on any atom is 0.400 e. The monoisotopic (exact) mass is 274 g/mol. The number of alkyl halides is 4. The molecule has 0 aromatic carbocycles. The molecule has 104 valence electrons. The van der Waals surface area contributed by atoms with Crippen LogP contribution in [0.3, 0.4) is 0 Å². The van der Waals surface area contributed by atoms with E-state index >= 15 is 0 Å². The zero-order valence-electron chi connectivity index (χ0n) is 10.4. The van der Waals surface area contributed by atoms with Crippen molar-refractivity contribution >= 4 is 11.6 Å². The van der Waals surface area contributed by atoms with Crippen molar-refractivity contribution in [3.63, 3.8) is 0 Å². The Morgan fingerprint density at radius 3 is 1.94 bits per heavy atom. The van der Waals surface area contributed by atoms with Gasteiger partial charge in [0.05, 0.1) is 6.61 Å². The molecule has 1 nitrogen and oxygen atoms in total. The van der Waals surface area contributed by atoms with Crippen LogP contribution in [-0.4, -0.2) is 18.3 Å². The van der Waals surface area contributed by atoms with Gasteiger partial charge in [0.25, 0.3) is 5.63 Å². The van der Waals surface area contributed by atoms with Gasteiger partial charge in [-0.05, 0) is 6.42 Å². The Balaban J connectivity index is 3.24. The Bertz CT molecular complexity index is 177. The zero-order chi connectivity index (χ0) is 13.1. The van der Waals surface area contributed by atoms with Crippen LogP contribution < -0.4 is 0 Å². The molecule has 0 aliphatic heterocycles. The Hall–Kier alpha value is 0.0400. The van der Waals surface area contributed by atoms with Gasteiger partial charge in [0.1, 0.15) is 0 Å². The first-order chi connectivity index (χ1) is 8.00. The summed E-state index contributed by atoms with van der Waals surface area (Å²) in [4.78, 5) is 0. The van der Waals surface area contributed by atoms with Crippen molar-refractivity contribution in [2.75, 3.05) is 6.61 Å². The summed E-state index contributed by atoms with van der Waals surface area (Å²) in [6.07, 6.45) is 4.53. The quantitative estimate of drug-likeness (QED) is 0.368. The Morgan fingerprint density at radius 2 is 1.47 bits per heavy atom. The second-order valence-electron chi connectivity index (χ2n) is 4.19. The zero-order valence-corrected chi connectivity index (χ0v) is 11.1. The minimum Gasteiger partial charge on any atom is -0.317 e. The summed E-state index contributed by atoms with van der Waals surface area (Å²) in [6, 6.07) is 0. The highest BCUT2D eigenvalue weighted by molar-refractivity contribution is 6.20. The summed E-state index contributed by atoms with van der Waals surface area (Å²) in [5, 5.41) is 0. The lowest BCUT2D eigenvalue weighted by Gasteiger charge is -2.16. The molecule has 0 aromatic rings. The average molecular weight is 275 g/mol. The van der Waals surface area contributed by atoms with E-state index in [4.69, 9.17) is 0 Å². The first-order valence-corrected chi connectivity index (χ1v) is 6.74. The maximum atomic E-state index is 12.5. The summed E-state index contributed by atoms with van der Waals surface area (Å²) in [5.41, 5.74) is -2.77. The fourth-order valence-corrected chi connectivity index (χ4v) is 1.57. The van der Waals surface area contributed by atoms with Crippen LogP contribution in [0, 0.1) is 0 Å². The van der Waals surface area contributed by atoms with Gasteiger partial charge in [0.15, 0.2) is 0 Å². The third kappa shape index (κ3) is 9.72. The van der Waals surface area contributed by atoms with Gasteiger partial charge in [-0.1, -0.05) is 63.5 Å². The molecule has 0 aliphatic rings. The fourth-order valence-electron chi connectivity index (χ4n) is 1.51. The molecule has 1 unspecified atom stereocenters. The summed E-state index contributed by atoms with van der Waals surface area (Å²) in [5.74, 6) is 0. The molecule has 0 fully saturated rings. The van der Waals surface area contributed by atoms with Crippen LogP contribution in [-0.2, 0) is 4.74 Å². The van der Waals surface area contributed by atoms with Crippen LogP contribution in [0.4, 0.5) is 13.2 Å². The van der Waals surface area contributed by atoms with E-state index in [0.29, 0.717) is 6.42 Å². The van der Waals surface area contributed by atoms with Crippen molar-refractivity contribution in [2.45, 2.75) is 70.0 Å². The maximum absolute atomic E-state index is 12.5. The molecule has 0 saturated heterocycles. The predicted molar refractivity (Wildman–Crippen MR) is 64.3 cm³/mol. The van der Waals surface area contributed by atoms with Crippen LogP contribution in [0.15, 0.2) is 0 Å². The molecule has 0 aromatic heterocycles. The SMILES string of the molecule is CCCCCCCCCCOC(F)(F)C(F)Cl. The van der Waals surface area contributed by atoms with Gasteiger partial charge in [-0.15, -0.1) is 0 Å². The van der Waals surface area contributed by atoms with Gasteiger partial charge >= 0.3 is 6.11 Å². The summed E-state index contributed by atoms with van der Waals surface area (Å²) < 4.78 is 41.3. The van der Waals surface area contributed by atoms with E-state index in [1.807, 2.05) is 0 Å². The lowest BCUT2D eigenvalue weighted by atomic mass is 10.1. The van der Waals surface area contributed by atoms with E-state index in [1.165, 1.54) is 25.7 Å². The summed E-state index contributed by atoms with van der Waals surface area (Å²) in [6.45, 7) is 2.02. The molecule has 0 N–H and O–H groups in total. The number of hydrogen-bond acceptors (Lipinski definition) is 1. The number of unbranched alkanes of at least 4 members (excludes halogenated alkanes) is 7. The minimum absolute atomic E-state index is 0.144. The van der Waals surface area contributed by atoms with E-state index in [-0.39, 0.29) is 6.61 Å². The van der Waals surface area contributed by atoms with Crippen molar-refractivity contribution in [3.05, 3.63) is 0 Å². The largest absolute Gasteiger partial charge is 0.400 e. The van der Waals surface area contributed by atoms with Crippen LogP contribution >= 0.6 is 11.6 Å². The normalized spacial score (nSPS) is 13.9. The Morgan fingerprint density at radius 1 is 1.00 bits per heavy atom. The lowest BCUT2D eigenvalue weighted by molar-refractivity contribution is -0.256. The van der Waals surface area contributed by atoms with Crippen molar-refractivity contribution in [1.29, 1.82) is 0 Å². The second-order valence-corrected chi connectivity index (χ2v) is 4.57. The van der Waals surface area contributed by atoms with Crippen molar-refractivity contribution in [2.24, 2.45) is 0 Å². The Labute approximate surface area is 107 Å². The highest BCUT2D eigenvalue weighted by atomic mass is 35.5. The highest BCUT2D eigenvalue weighted by Gasteiger charge is 2.40. The number of halogens is 4. The Kier molecular flexibility index (Phi) is 10.0. The average Bonchev–Trinajstić information content (AvgIpc) is 2.26. The molecule has 17 heavy (non-hydrogen) atoms. The first-order valence-electron chi connectivity index (χ1n) is 6.30. The number of rotatable bonds is 11. The highest BCUT2D eigenvalue weighted by Crippen LogP contribution is 2.26. The molecule has 0 rings (SSSR count). The van der Waals surface area contributed by atoms with E-state index in [9.17, 15) is 13.2 Å². The molecule has 1 atom stereocenters. The van der Waals surface area contributed by atoms with Gasteiger partial charge in [-0.25, -0.2) is 4.39 Å². The first kappa shape index (κ1) is 17.0. The fraction of sp³-hybridized carbons (Fsp3) is 1.00. The molecule has 0 bridgehead atoms. The van der Waals surface area contributed by atoms with E-state index in [2.05, 4.69) is 23.3 Å². The van der Waals surface area contributed by atoms with E-state index in [1.54, 1.807) is 0 Å². The molecular formula is C12H22ClF3O. The summed E-state index contributed by atoms with van der Waals surface area (Å²) in [7, 11) is 0. The molecule has 0 amide bonds. The van der Waals surface area contributed by atoms with E-state index in [0.717, 1.165) is 19.3 Å². The molecule has 0 spiro atoms. The van der Waals surface area contributed by atoms with Gasteiger partial charge in [-0.2, -0.15) is 8.78 Å². The molecule has 5 heteroatoms. The van der Waals surface area contributed by atoms with Crippen LogP contribution in [0.2, 0.25) is 0 Å². The number of ether oxygens (including phenoxy) is 1. The van der Waals surface area contributed by atoms with Crippen LogP contribution in [0.1, 0.15) is 58.3 Å². The minimum atomic E-state index is -3.86. The molecule has 0 radical (unpaired) electrons. The van der Waals surface area contributed by atoms with Gasteiger partial charge in [-0.3, -0.25) is 0 Å². The van der Waals surface area contributed by atoms with Crippen molar-refractivity contribution in [3.8, 4) is 0 Å². The third-order valence-electron chi connectivity index (χ3n) is 2.55. The van der Waals surface area contributed by atoms with Gasteiger partial charge in [0.2, 0.25) is 0 Å².